The molecule has 0 spiro atoms. The second-order valence-electron chi connectivity index (χ2n) is 8.62. The summed E-state index contributed by atoms with van der Waals surface area (Å²) in [6.45, 7) is 6.60. The van der Waals surface area contributed by atoms with Crippen molar-refractivity contribution >= 4 is 11.9 Å². The number of methoxy groups -OCH3 is 1. The zero-order chi connectivity index (χ0) is 20.7. The van der Waals surface area contributed by atoms with Crippen LogP contribution in [0.2, 0.25) is 0 Å². The third kappa shape index (κ3) is 6.31. The van der Waals surface area contributed by atoms with Gasteiger partial charge in [0.05, 0.1) is 0 Å². The number of carbonyl (C=O) groups excluding carboxylic acids is 1. The van der Waals surface area contributed by atoms with Gasteiger partial charge in [-0.15, -0.1) is 0 Å². The van der Waals surface area contributed by atoms with Crippen LogP contribution in [0.4, 0.5) is 0 Å². The van der Waals surface area contributed by atoms with Gasteiger partial charge in [0.2, 0.25) is 5.91 Å². The SMILES string of the molecule is CO[C@H](C(=O)O)C(OCC(=O)NC1CCC(C(C)(C)C)CC1)c1ccccc1. The van der Waals surface area contributed by atoms with Crippen LogP contribution in [0.25, 0.3) is 0 Å². The smallest absolute Gasteiger partial charge is 0.335 e. The quantitative estimate of drug-likeness (QED) is 0.708. The van der Waals surface area contributed by atoms with Gasteiger partial charge in [-0.3, -0.25) is 4.79 Å². The monoisotopic (exact) mass is 391 g/mol. The molecule has 28 heavy (non-hydrogen) atoms. The molecule has 0 aromatic heterocycles. The van der Waals surface area contributed by atoms with Crippen molar-refractivity contribution in [2.24, 2.45) is 11.3 Å². The van der Waals surface area contributed by atoms with Gasteiger partial charge in [0.1, 0.15) is 12.7 Å². The van der Waals surface area contributed by atoms with E-state index in [2.05, 4.69) is 26.1 Å². The maximum absolute atomic E-state index is 12.4. The second kappa shape index (κ2) is 10.0. The van der Waals surface area contributed by atoms with E-state index in [4.69, 9.17) is 9.47 Å². The molecule has 1 saturated carbocycles. The highest BCUT2D eigenvalue weighted by Gasteiger charge is 2.32. The van der Waals surface area contributed by atoms with E-state index in [1.165, 1.54) is 7.11 Å². The predicted molar refractivity (Wildman–Crippen MR) is 107 cm³/mol. The summed E-state index contributed by atoms with van der Waals surface area (Å²) < 4.78 is 10.8. The highest BCUT2D eigenvalue weighted by Crippen LogP contribution is 2.37. The largest absolute Gasteiger partial charge is 0.479 e. The Morgan fingerprint density at radius 1 is 1.14 bits per heavy atom. The van der Waals surface area contributed by atoms with Crippen LogP contribution < -0.4 is 5.32 Å². The van der Waals surface area contributed by atoms with E-state index in [-0.39, 0.29) is 18.6 Å². The van der Waals surface area contributed by atoms with E-state index in [1.54, 1.807) is 24.3 Å². The molecule has 1 fully saturated rings. The van der Waals surface area contributed by atoms with Gasteiger partial charge >= 0.3 is 5.97 Å². The van der Waals surface area contributed by atoms with Crippen molar-refractivity contribution in [2.45, 2.75) is 64.7 Å². The summed E-state index contributed by atoms with van der Waals surface area (Å²) >= 11 is 0. The normalized spacial score (nSPS) is 22.3. The number of amides is 1. The van der Waals surface area contributed by atoms with Gasteiger partial charge in [-0.05, 0) is 42.6 Å². The van der Waals surface area contributed by atoms with Gasteiger partial charge in [-0.25, -0.2) is 4.79 Å². The predicted octanol–water partition coefficient (Wildman–Crippen LogP) is 3.57. The summed E-state index contributed by atoms with van der Waals surface area (Å²) in [6, 6.07) is 9.13. The van der Waals surface area contributed by atoms with Crippen LogP contribution in [0.5, 0.6) is 0 Å². The third-order valence-electron chi connectivity index (χ3n) is 5.61. The summed E-state index contributed by atoms with van der Waals surface area (Å²) in [4.78, 5) is 23.9. The zero-order valence-corrected chi connectivity index (χ0v) is 17.3. The molecule has 1 aliphatic rings. The summed E-state index contributed by atoms with van der Waals surface area (Å²) in [6.07, 6.45) is 2.10. The first-order valence-corrected chi connectivity index (χ1v) is 9.94. The maximum atomic E-state index is 12.4. The number of benzene rings is 1. The van der Waals surface area contributed by atoms with E-state index >= 15 is 0 Å². The zero-order valence-electron chi connectivity index (χ0n) is 17.3. The Morgan fingerprint density at radius 3 is 2.25 bits per heavy atom. The van der Waals surface area contributed by atoms with E-state index in [9.17, 15) is 14.7 Å². The van der Waals surface area contributed by atoms with E-state index in [1.807, 2.05) is 6.07 Å². The van der Waals surface area contributed by atoms with E-state index in [0.29, 0.717) is 16.9 Å². The van der Waals surface area contributed by atoms with Crippen LogP contribution in [0.3, 0.4) is 0 Å². The molecule has 2 rings (SSSR count). The Balaban J connectivity index is 1.90. The molecule has 1 unspecified atom stereocenters. The Bertz CT molecular complexity index is 632. The van der Waals surface area contributed by atoms with Gasteiger partial charge in [-0.1, -0.05) is 51.1 Å². The minimum atomic E-state index is -1.18. The number of aliphatic carboxylic acids is 1. The maximum Gasteiger partial charge on any atom is 0.335 e. The first kappa shape index (κ1) is 22.4. The minimum absolute atomic E-state index is 0.155. The second-order valence-corrected chi connectivity index (χ2v) is 8.62. The lowest BCUT2D eigenvalue weighted by Crippen LogP contribution is -2.42. The number of nitrogens with one attached hydrogen (secondary N) is 1. The van der Waals surface area contributed by atoms with Gasteiger partial charge in [-0.2, -0.15) is 0 Å². The molecule has 1 aliphatic carbocycles. The lowest BCUT2D eigenvalue weighted by molar-refractivity contribution is -0.161. The molecule has 0 saturated heterocycles. The fourth-order valence-electron chi connectivity index (χ4n) is 3.89. The molecule has 2 atom stereocenters. The molecule has 6 heteroatoms. The Labute approximate surface area is 167 Å². The third-order valence-corrected chi connectivity index (χ3v) is 5.61. The van der Waals surface area contributed by atoms with Crippen LogP contribution in [-0.2, 0) is 19.1 Å². The highest BCUT2D eigenvalue weighted by atomic mass is 16.6. The van der Waals surface area contributed by atoms with Crippen LogP contribution in [0.1, 0.15) is 58.1 Å². The Kier molecular flexibility index (Phi) is 8.01. The highest BCUT2D eigenvalue weighted by molar-refractivity contribution is 5.78. The van der Waals surface area contributed by atoms with Crippen molar-refractivity contribution in [1.82, 2.24) is 5.32 Å². The number of carboxylic acid groups (broad SMARTS) is 1. The first-order valence-electron chi connectivity index (χ1n) is 9.94. The van der Waals surface area contributed by atoms with Crippen molar-refractivity contribution in [3.8, 4) is 0 Å². The average Bonchev–Trinajstić information content (AvgIpc) is 2.65. The van der Waals surface area contributed by atoms with Crippen LogP contribution in [0, 0.1) is 11.3 Å². The van der Waals surface area contributed by atoms with Crippen molar-refractivity contribution in [2.75, 3.05) is 13.7 Å². The Hall–Kier alpha value is -1.92. The first-order chi connectivity index (χ1) is 13.2. The minimum Gasteiger partial charge on any atom is -0.479 e. The molecule has 0 bridgehead atoms. The van der Waals surface area contributed by atoms with Gasteiger partial charge < -0.3 is 19.9 Å². The number of carbonyl (C=O) groups is 2. The molecule has 1 aromatic carbocycles. The fourth-order valence-corrected chi connectivity index (χ4v) is 3.89. The lowest BCUT2D eigenvalue weighted by Gasteiger charge is -2.37. The molecule has 0 heterocycles. The standard InChI is InChI=1S/C22H33NO5/c1-22(2,3)16-10-12-17(13-11-16)23-18(24)14-28-19(20(27-4)21(25)26)15-8-6-5-7-9-15/h5-9,16-17,19-20H,10-14H2,1-4H3,(H,23,24)(H,25,26)/t16?,17?,19?,20-/m0/s1. The van der Waals surface area contributed by atoms with Crippen LogP contribution in [0.15, 0.2) is 30.3 Å². The van der Waals surface area contributed by atoms with Crippen molar-refractivity contribution in [3.05, 3.63) is 35.9 Å². The summed E-state index contributed by atoms with van der Waals surface area (Å²) in [7, 11) is 1.33. The molecule has 1 amide bonds. The fraction of sp³-hybridized carbons (Fsp3) is 0.636. The number of hydrogen-bond acceptors (Lipinski definition) is 4. The van der Waals surface area contributed by atoms with E-state index < -0.39 is 18.2 Å². The molecule has 2 N–H and O–H groups in total. The number of rotatable bonds is 8. The topological polar surface area (TPSA) is 84.9 Å². The average molecular weight is 392 g/mol. The van der Waals surface area contributed by atoms with Gasteiger partial charge in [0.15, 0.2) is 6.10 Å². The van der Waals surface area contributed by atoms with Gasteiger partial charge in [0.25, 0.3) is 0 Å². The van der Waals surface area contributed by atoms with Crippen LogP contribution in [-0.4, -0.2) is 42.8 Å². The molecule has 1 aromatic rings. The van der Waals surface area contributed by atoms with Crippen molar-refractivity contribution in [3.63, 3.8) is 0 Å². The molecule has 156 valence electrons. The Morgan fingerprint density at radius 2 is 1.75 bits per heavy atom. The van der Waals surface area contributed by atoms with Crippen molar-refractivity contribution < 1.29 is 24.2 Å². The lowest BCUT2D eigenvalue weighted by atomic mass is 9.71. The summed E-state index contributed by atoms with van der Waals surface area (Å²) in [5, 5.41) is 12.4. The summed E-state index contributed by atoms with van der Waals surface area (Å²) in [5.74, 6) is -0.671. The molecular formula is C22H33NO5. The van der Waals surface area contributed by atoms with Crippen LogP contribution >= 0.6 is 0 Å². The van der Waals surface area contributed by atoms with Gasteiger partial charge in [0, 0.05) is 13.2 Å². The van der Waals surface area contributed by atoms with Crippen molar-refractivity contribution in [1.29, 1.82) is 0 Å². The molecular weight excluding hydrogens is 358 g/mol. The van der Waals surface area contributed by atoms with E-state index in [0.717, 1.165) is 25.7 Å². The molecule has 6 nitrogen and oxygen atoms in total. The number of hydrogen-bond donors (Lipinski definition) is 2. The number of ether oxygens (including phenoxy) is 2. The molecule has 0 aliphatic heterocycles. The molecule has 0 radical (unpaired) electrons. The number of carboxylic acids is 1. The summed E-state index contributed by atoms with van der Waals surface area (Å²) in [5.41, 5.74) is 0.961.